The van der Waals surface area contributed by atoms with Crippen LogP contribution in [0.5, 0.6) is 17.2 Å². The second-order valence-electron chi connectivity index (χ2n) is 4.62. The summed E-state index contributed by atoms with van der Waals surface area (Å²) < 4.78 is 12.0. The minimum atomic E-state index is -0.505. The molecule has 0 saturated heterocycles. The largest absolute Gasteiger partial charge is 0.493 e. The molecule has 2 rings (SSSR count). The van der Waals surface area contributed by atoms with Gasteiger partial charge in [-0.1, -0.05) is 12.1 Å². The van der Waals surface area contributed by atoms with Crippen molar-refractivity contribution in [3.63, 3.8) is 0 Å². The number of hydrogen-bond acceptors (Lipinski definition) is 3. The number of rotatable bonds is 4. The first-order chi connectivity index (χ1) is 9.51. The van der Waals surface area contributed by atoms with E-state index in [9.17, 15) is 5.11 Å². The van der Waals surface area contributed by atoms with E-state index in [0.717, 1.165) is 15.6 Å². The predicted molar refractivity (Wildman–Crippen MR) is 82.6 cm³/mol. The highest BCUT2D eigenvalue weighted by Crippen LogP contribution is 2.36. The Morgan fingerprint density at radius 3 is 2.35 bits per heavy atom. The number of hydrogen-bond donors (Lipinski definition) is 1. The quantitative estimate of drug-likeness (QED) is 0.885. The highest BCUT2D eigenvalue weighted by atomic mass is 79.9. The second-order valence-corrected chi connectivity index (χ2v) is 5.48. The lowest BCUT2D eigenvalue weighted by Crippen LogP contribution is -1.94. The highest BCUT2D eigenvalue weighted by molar-refractivity contribution is 9.10. The van der Waals surface area contributed by atoms with Crippen molar-refractivity contribution in [2.24, 2.45) is 0 Å². The minimum absolute atomic E-state index is 0.505. The number of aryl methyl sites for hydroxylation is 1. The molecule has 4 heteroatoms. The molecule has 106 valence electrons. The number of methoxy groups -OCH3 is 1. The van der Waals surface area contributed by atoms with Crippen LogP contribution in [0.1, 0.15) is 24.2 Å². The average molecular weight is 337 g/mol. The topological polar surface area (TPSA) is 38.7 Å². The van der Waals surface area contributed by atoms with Crippen LogP contribution in [0.15, 0.2) is 40.9 Å². The molecule has 0 radical (unpaired) electrons. The van der Waals surface area contributed by atoms with Crippen molar-refractivity contribution in [3.05, 3.63) is 52.0 Å². The molecule has 20 heavy (non-hydrogen) atoms. The van der Waals surface area contributed by atoms with Crippen LogP contribution in [0, 0.1) is 6.92 Å². The van der Waals surface area contributed by atoms with E-state index in [2.05, 4.69) is 15.9 Å². The van der Waals surface area contributed by atoms with Crippen molar-refractivity contribution >= 4 is 15.9 Å². The highest BCUT2D eigenvalue weighted by Gasteiger charge is 2.10. The summed E-state index contributed by atoms with van der Waals surface area (Å²) in [7, 11) is 1.62. The fourth-order valence-electron chi connectivity index (χ4n) is 1.84. The first kappa shape index (κ1) is 14.9. The third-order valence-electron chi connectivity index (χ3n) is 2.98. The smallest absolute Gasteiger partial charge is 0.169 e. The van der Waals surface area contributed by atoms with Gasteiger partial charge in [0.05, 0.1) is 17.7 Å². The molecule has 0 spiro atoms. The maximum atomic E-state index is 9.56. The zero-order valence-corrected chi connectivity index (χ0v) is 13.3. The lowest BCUT2D eigenvalue weighted by Gasteiger charge is -2.13. The molecule has 1 atom stereocenters. The van der Waals surface area contributed by atoms with Crippen LogP contribution in [0.4, 0.5) is 0 Å². The summed E-state index contributed by atoms with van der Waals surface area (Å²) in [6.07, 6.45) is -0.505. The van der Waals surface area contributed by atoms with Crippen molar-refractivity contribution in [1.82, 2.24) is 0 Å². The molecule has 2 aromatic rings. The van der Waals surface area contributed by atoms with E-state index in [4.69, 9.17) is 9.47 Å². The Balaban J connectivity index is 2.30. The van der Waals surface area contributed by atoms with Gasteiger partial charge in [0.25, 0.3) is 0 Å². The van der Waals surface area contributed by atoms with E-state index in [1.54, 1.807) is 14.0 Å². The molecule has 0 fully saturated rings. The Bertz CT molecular complexity index is 609. The molecule has 0 aliphatic carbocycles. The molecular formula is C16H17BrO3. The van der Waals surface area contributed by atoms with Crippen molar-refractivity contribution in [1.29, 1.82) is 0 Å². The molecule has 0 bridgehead atoms. The molecule has 2 aromatic carbocycles. The number of aliphatic hydroxyl groups excluding tert-OH is 1. The monoisotopic (exact) mass is 336 g/mol. The molecule has 0 aliphatic rings. The zero-order valence-electron chi connectivity index (χ0n) is 11.7. The van der Waals surface area contributed by atoms with Crippen LogP contribution in [0.3, 0.4) is 0 Å². The van der Waals surface area contributed by atoms with Gasteiger partial charge in [-0.15, -0.1) is 0 Å². The van der Waals surface area contributed by atoms with E-state index in [1.165, 1.54) is 0 Å². The summed E-state index contributed by atoms with van der Waals surface area (Å²) in [5.41, 5.74) is 1.94. The maximum Gasteiger partial charge on any atom is 0.169 e. The van der Waals surface area contributed by atoms with Crippen molar-refractivity contribution < 1.29 is 14.6 Å². The Kier molecular flexibility index (Phi) is 4.68. The van der Waals surface area contributed by atoms with Crippen molar-refractivity contribution in [3.8, 4) is 17.2 Å². The van der Waals surface area contributed by atoms with Gasteiger partial charge in [0.2, 0.25) is 0 Å². The summed E-state index contributed by atoms with van der Waals surface area (Å²) in [6, 6.07) is 11.3. The average Bonchev–Trinajstić information content (AvgIpc) is 2.42. The van der Waals surface area contributed by atoms with Crippen LogP contribution in [0.2, 0.25) is 0 Å². The molecule has 0 saturated carbocycles. The Morgan fingerprint density at radius 1 is 1.05 bits per heavy atom. The van der Waals surface area contributed by atoms with Crippen LogP contribution in [-0.2, 0) is 0 Å². The van der Waals surface area contributed by atoms with Gasteiger partial charge in [-0.3, -0.25) is 0 Å². The number of ether oxygens (including phenoxy) is 2. The Hall–Kier alpha value is -1.52. The van der Waals surface area contributed by atoms with Gasteiger partial charge < -0.3 is 14.6 Å². The van der Waals surface area contributed by atoms with E-state index in [1.807, 2.05) is 43.3 Å². The lowest BCUT2D eigenvalue weighted by atomic mass is 10.1. The van der Waals surface area contributed by atoms with Crippen LogP contribution >= 0.6 is 15.9 Å². The van der Waals surface area contributed by atoms with Gasteiger partial charge in [-0.2, -0.15) is 0 Å². The lowest BCUT2D eigenvalue weighted by molar-refractivity contribution is 0.199. The predicted octanol–water partition coefficient (Wildman–Crippen LogP) is 4.61. The Morgan fingerprint density at radius 2 is 1.75 bits per heavy atom. The van der Waals surface area contributed by atoms with Gasteiger partial charge in [0, 0.05) is 0 Å². The normalized spacial score (nSPS) is 12.1. The number of halogens is 1. The molecule has 1 N–H and O–H groups in total. The molecule has 0 amide bonds. The zero-order chi connectivity index (χ0) is 14.7. The van der Waals surface area contributed by atoms with E-state index in [-0.39, 0.29) is 0 Å². The van der Waals surface area contributed by atoms with Gasteiger partial charge in [0.15, 0.2) is 11.5 Å². The van der Waals surface area contributed by atoms with Gasteiger partial charge in [-0.25, -0.2) is 0 Å². The molecule has 0 heterocycles. The summed E-state index contributed by atoms with van der Waals surface area (Å²) in [5, 5.41) is 9.56. The van der Waals surface area contributed by atoms with Crippen LogP contribution in [0.25, 0.3) is 0 Å². The standard InChI is InChI=1S/C16H17BrO3/c1-10-4-6-15(16(8-10)19-3)20-14-7-5-12(11(2)18)9-13(14)17/h4-9,11,18H,1-3H3/t11-/m0/s1. The van der Waals surface area contributed by atoms with E-state index < -0.39 is 6.10 Å². The third kappa shape index (κ3) is 3.32. The summed E-state index contributed by atoms with van der Waals surface area (Å²) >= 11 is 3.46. The number of aliphatic hydroxyl groups is 1. The summed E-state index contributed by atoms with van der Waals surface area (Å²) in [4.78, 5) is 0. The maximum absolute atomic E-state index is 9.56. The molecule has 0 unspecified atom stereocenters. The van der Waals surface area contributed by atoms with Crippen molar-refractivity contribution in [2.75, 3.05) is 7.11 Å². The fraction of sp³-hybridized carbons (Fsp3) is 0.250. The van der Waals surface area contributed by atoms with Gasteiger partial charge >= 0.3 is 0 Å². The van der Waals surface area contributed by atoms with E-state index >= 15 is 0 Å². The first-order valence-electron chi connectivity index (χ1n) is 6.31. The van der Waals surface area contributed by atoms with Crippen molar-refractivity contribution in [2.45, 2.75) is 20.0 Å². The summed E-state index contributed by atoms with van der Waals surface area (Å²) in [5.74, 6) is 2.02. The number of benzene rings is 2. The van der Waals surface area contributed by atoms with Gasteiger partial charge in [-0.05, 0) is 65.2 Å². The molecular weight excluding hydrogens is 320 g/mol. The molecule has 0 aliphatic heterocycles. The van der Waals surface area contributed by atoms with Crippen LogP contribution in [-0.4, -0.2) is 12.2 Å². The van der Waals surface area contributed by atoms with Crippen LogP contribution < -0.4 is 9.47 Å². The Labute approximate surface area is 127 Å². The fourth-order valence-corrected chi connectivity index (χ4v) is 2.31. The molecule has 3 nitrogen and oxygen atoms in total. The molecule has 0 aromatic heterocycles. The SMILES string of the molecule is COc1cc(C)ccc1Oc1ccc([C@H](C)O)cc1Br. The first-order valence-corrected chi connectivity index (χ1v) is 7.10. The van der Waals surface area contributed by atoms with E-state index in [0.29, 0.717) is 17.2 Å². The minimum Gasteiger partial charge on any atom is -0.493 e. The second kappa shape index (κ2) is 6.29. The third-order valence-corrected chi connectivity index (χ3v) is 3.60. The summed E-state index contributed by atoms with van der Waals surface area (Å²) in [6.45, 7) is 3.73. The van der Waals surface area contributed by atoms with Gasteiger partial charge in [0.1, 0.15) is 5.75 Å².